The Labute approximate surface area is 138 Å². The van der Waals surface area contributed by atoms with Gasteiger partial charge in [-0.2, -0.15) is 0 Å². The molecule has 0 amide bonds. The third-order valence-corrected chi connectivity index (χ3v) is 4.41. The van der Waals surface area contributed by atoms with Crippen LogP contribution in [0.1, 0.15) is 32.8 Å². The second-order valence-corrected chi connectivity index (χ2v) is 6.42. The maximum absolute atomic E-state index is 6.09. The summed E-state index contributed by atoms with van der Waals surface area (Å²) in [5.74, 6) is 0.900. The number of hydrogen-bond acceptors (Lipinski definition) is 2. The number of benzene rings is 2. The second kappa shape index (κ2) is 7.55. The minimum Gasteiger partial charge on any atom is -0.492 e. The number of anilines is 1. The Morgan fingerprint density at radius 2 is 1.73 bits per heavy atom. The van der Waals surface area contributed by atoms with Crippen molar-refractivity contribution in [1.29, 1.82) is 0 Å². The first kappa shape index (κ1) is 16.7. The molecule has 2 aromatic carbocycles. The molecule has 2 rings (SSSR count). The Morgan fingerprint density at radius 1 is 1.05 bits per heavy atom. The first-order valence-corrected chi connectivity index (χ1v) is 8.12. The normalized spacial score (nSPS) is 11.3. The summed E-state index contributed by atoms with van der Waals surface area (Å²) >= 11 is 6.09. The summed E-state index contributed by atoms with van der Waals surface area (Å²) in [7, 11) is 0. The minimum absolute atomic E-state index is 0.212. The van der Waals surface area contributed by atoms with E-state index in [9.17, 15) is 0 Å². The van der Waals surface area contributed by atoms with Gasteiger partial charge in [-0.1, -0.05) is 56.6 Å². The summed E-state index contributed by atoms with van der Waals surface area (Å²) < 4.78 is 5.76. The van der Waals surface area contributed by atoms with Gasteiger partial charge in [0.05, 0.1) is 10.7 Å². The van der Waals surface area contributed by atoms with E-state index in [0.717, 1.165) is 22.9 Å². The van der Waals surface area contributed by atoms with E-state index >= 15 is 0 Å². The maximum atomic E-state index is 6.09. The molecule has 0 aliphatic carbocycles. The van der Waals surface area contributed by atoms with Gasteiger partial charge >= 0.3 is 0 Å². The first-order chi connectivity index (χ1) is 10.5. The molecule has 118 valence electrons. The number of ether oxygens (including phenoxy) is 1. The molecule has 0 bridgehead atoms. The predicted molar refractivity (Wildman–Crippen MR) is 95.2 cm³/mol. The standard InChI is InChI=1S/C19H24ClNO/c1-4-19(2,3)15-9-11-16(12-10-15)22-14-13-21-18-8-6-5-7-17(18)20/h5-12,21H,4,13-14H2,1-3H3. The van der Waals surface area contributed by atoms with Crippen LogP contribution in [-0.4, -0.2) is 13.2 Å². The van der Waals surface area contributed by atoms with Crippen molar-refractivity contribution >= 4 is 17.3 Å². The lowest BCUT2D eigenvalue weighted by molar-refractivity contribution is 0.332. The van der Waals surface area contributed by atoms with Crippen molar-refractivity contribution in [3.05, 3.63) is 59.1 Å². The van der Waals surface area contributed by atoms with Crippen LogP contribution in [0.5, 0.6) is 5.75 Å². The zero-order valence-corrected chi connectivity index (χ0v) is 14.3. The maximum Gasteiger partial charge on any atom is 0.119 e. The van der Waals surface area contributed by atoms with Crippen molar-refractivity contribution in [3.63, 3.8) is 0 Å². The topological polar surface area (TPSA) is 21.3 Å². The summed E-state index contributed by atoms with van der Waals surface area (Å²) in [5.41, 5.74) is 2.49. The smallest absolute Gasteiger partial charge is 0.119 e. The highest BCUT2D eigenvalue weighted by Crippen LogP contribution is 2.28. The summed E-state index contributed by atoms with van der Waals surface area (Å²) in [6.07, 6.45) is 1.12. The molecule has 2 nitrogen and oxygen atoms in total. The van der Waals surface area contributed by atoms with Gasteiger partial charge in [-0.15, -0.1) is 0 Å². The molecule has 0 aliphatic heterocycles. The second-order valence-electron chi connectivity index (χ2n) is 6.02. The Morgan fingerprint density at radius 3 is 2.36 bits per heavy atom. The fraction of sp³-hybridized carbons (Fsp3) is 0.368. The molecule has 0 saturated carbocycles. The average molecular weight is 318 g/mol. The van der Waals surface area contributed by atoms with Crippen molar-refractivity contribution in [2.24, 2.45) is 0 Å². The fourth-order valence-electron chi connectivity index (χ4n) is 2.17. The zero-order chi connectivity index (χ0) is 16.0. The van der Waals surface area contributed by atoms with E-state index in [0.29, 0.717) is 13.2 Å². The van der Waals surface area contributed by atoms with Gasteiger partial charge in [0.2, 0.25) is 0 Å². The monoisotopic (exact) mass is 317 g/mol. The fourth-order valence-corrected chi connectivity index (χ4v) is 2.37. The lowest BCUT2D eigenvalue weighted by atomic mass is 9.82. The number of nitrogens with one attached hydrogen (secondary N) is 1. The summed E-state index contributed by atoms with van der Waals surface area (Å²) in [6.45, 7) is 8.05. The van der Waals surface area contributed by atoms with E-state index in [2.05, 4.69) is 38.2 Å². The van der Waals surface area contributed by atoms with Crippen LogP contribution in [0.4, 0.5) is 5.69 Å². The van der Waals surface area contributed by atoms with Gasteiger partial charge in [0.15, 0.2) is 0 Å². The van der Waals surface area contributed by atoms with Crippen LogP contribution in [0.2, 0.25) is 5.02 Å². The van der Waals surface area contributed by atoms with E-state index in [-0.39, 0.29) is 5.41 Å². The molecule has 22 heavy (non-hydrogen) atoms. The van der Waals surface area contributed by atoms with E-state index in [1.807, 2.05) is 36.4 Å². The zero-order valence-electron chi connectivity index (χ0n) is 13.5. The Kier molecular flexibility index (Phi) is 5.73. The van der Waals surface area contributed by atoms with Crippen molar-refractivity contribution in [2.75, 3.05) is 18.5 Å². The summed E-state index contributed by atoms with van der Waals surface area (Å²) in [5, 5.41) is 4.00. The average Bonchev–Trinajstić information content (AvgIpc) is 2.53. The SMILES string of the molecule is CCC(C)(C)c1ccc(OCCNc2ccccc2Cl)cc1. The molecule has 0 saturated heterocycles. The van der Waals surface area contributed by atoms with Gasteiger partial charge in [-0.25, -0.2) is 0 Å². The molecule has 1 N–H and O–H groups in total. The molecular weight excluding hydrogens is 294 g/mol. The van der Waals surface area contributed by atoms with E-state index in [1.165, 1.54) is 5.56 Å². The Hall–Kier alpha value is -1.67. The number of hydrogen-bond donors (Lipinski definition) is 1. The number of halogens is 1. The highest BCUT2D eigenvalue weighted by molar-refractivity contribution is 6.33. The minimum atomic E-state index is 0.212. The van der Waals surface area contributed by atoms with Crippen LogP contribution in [-0.2, 0) is 5.41 Å². The molecule has 0 heterocycles. The van der Waals surface area contributed by atoms with Crippen LogP contribution in [0.25, 0.3) is 0 Å². The van der Waals surface area contributed by atoms with Crippen LogP contribution >= 0.6 is 11.6 Å². The van der Waals surface area contributed by atoms with Crippen molar-refractivity contribution in [1.82, 2.24) is 0 Å². The van der Waals surface area contributed by atoms with E-state index in [1.54, 1.807) is 0 Å². The molecule has 0 unspecified atom stereocenters. The Bertz CT molecular complexity index is 593. The molecule has 0 fully saturated rings. The lowest BCUT2D eigenvalue weighted by Gasteiger charge is -2.23. The van der Waals surface area contributed by atoms with E-state index in [4.69, 9.17) is 16.3 Å². The molecule has 0 spiro atoms. The molecule has 0 aliphatic rings. The highest BCUT2D eigenvalue weighted by Gasteiger charge is 2.17. The predicted octanol–water partition coefficient (Wildman–Crippen LogP) is 5.52. The van der Waals surface area contributed by atoms with Crippen LogP contribution in [0.15, 0.2) is 48.5 Å². The number of rotatable bonds is 7. The quantitative estimate of drug-likeness (QED) is 0.679. The third kappa shape index (κ3) is 4.41. The van der Waals surface area contributed by atoms with Crippen molar-refractivity contribution in [3.8, 4) is 5.75 Å². The summed E-state index contributed by atoms with van der Waals surface area (Å²) in [6, 6.07) is 16.1. The lowest BCUT2D eigenvalue weighted by Crippen LogP contribution is -2.15. The van der Waals surface area contributed by atoms with Gasteiger partial charge < -0.3 is 10.1 Å². The van der Waals surface area contributed by atoms with Gasteiger partial charge in [-0.05, 0) is 41.7 Å². The largest absolute Gasteiger partial charge is 0.492 e. The summed E-state index contributed by atoms with van der Waals surface area (Å²) in [4.78, 5) is 0. The van der Waals surface area contributed by atoms with Crippen LogP contribution < -0.4 is 10.1 Å². The van der Waals surface area contributed by atoms with Crippen LogP contribution in [0.3, 0.4) is 0 Å². The highest BCUT2D eigenvalue weighted by atomic mass is 35.5. The van der Waals surface area contributed by atoms with Gasteiger partial charge in [0, 0.05) is 6.54 Å². The molecular formula is C19H24ClNO. The molecule has 3 heteroatoms. The van der Waals surface area contributed by atoms with Crippen molar-refractivity contribution in [2.45, 2.75) is 32.6 Å². The first-order valence-electron chi connectivity index (χ1n) is 7.74. The van der Waals surface area contributed by atoms with Crippen LogP contribution in [0, 0.1) is 0 Å². The third-order valence-electron chi connectivity index (χ3n) is 4.08. The van der Waals surface area contributed by atoms with E-state index < -0.39 is 0 Å². The Balaban J connectivity index is 1.81. The van der Waals surface area contributed by atoms with Crippen molar-refractivity contribution < 1.29 is 4.74 Å². The molecule has 2 aromatic rings. The number of para-hydroxylation sites is 1. The van der Waals surface area contributed by atoms with Gasteiger partial charge in [0.25, 0.3) is 0 Å². The molecule has 0 radical (unpaired) electrons. The molecule has 0 aromatic heterocycles. The van der Waals surface area contributed by atoms with Gasteiger partial charge in [-0.3, -0.25) is 0 Å². The van der Waals surface area contributed by atoms with Gasteiger partial charge in [0.1, 0.15) is 12.4 Å². The molecule has 0 atom stereocenters.